The van der Waals surface area contributed by atoms with Gasteiger partial charge < -0.3 is 5.11 Å². The average Bonchev–Trinajstić information content (AvgIpc) is 2.58. The fraction of sp³-hybridized carbons (Fsp3) is 0.391. The fourth-order valence-corrected chi connectivity index (χ4v) is 3.58. The van der Waals surface area contributed by atoms with Gasteiger partial charge in [0.15, 0.2) is 0 Å². The highest BCUT2D eigenvalue weighted by molar-refractivity contribution is 5.87. The van der Waals surface area contributed by atoms with Gasteiger partial charge in [-0.25, -0.2) is 9.78 Å². The molecule has 0 bridgehead atoms. The Morgan fingerprint density at radius 3 is 2.19 bits per heavy atom. The Morgan fingerprint density at radius 1 is 1.04 bits per heavy atom. The first-order valence-electron chi connectivity index (χ1n) is 8.97. The maximum atomic E-state index is 10.9. The Morgan fingerprint density at radius 2 is 1.65 bits per heavy atom. The minimum Gasteiger partial charge on any atom is -0.478 e. The van der Waals surface area contributed by atoms with E-state index in [1.807, 2.05) is 0 Å². The van der Waals surface area contributed by atoms with Gasteiger partial charge in [-0.3, -0.25) is 0 Å². The Kier molecular flexibility index (Phi) is 4.40. The van der Waals surface area contributed by atoms with Gasteiger partial charge in [-0.15, -0.1) is 0 Å². The highest BCUT2D eigenvalue weighted by Gasteiger charge is 2.37. The van der Waals surface area contributed by atoms with Crippen molar-refractivity contribution in [3.8, 4) is 11.8 Å². The first-order valence-corrected chi connectivity index (χ1v) is 8.97. The van der Waals surface area contributed by atoms with E-state index in [4.69, 9.17) is 5.11 Å². The number of carbonyl (C=O) groups is 1. The van der Waals surface area contributed by atoms with Crippen molar-refractivity contribution in [3.05, 3.63) is 64.0 Å². The predicted octanol–water partition coefficient (Wildman–Crippen LogP) is 4.84. The Labute approximate surface area is 155 Å². The van der Waals surface area contributed by atoms with Gasteiger partial charge in [-0.05, 0) is 71.4 Å². The first kappa shape index (κ1) is 18.2. The van der Waals surface area contributed by atoms with E-state index in [-0.39, 0.29) is 16.4 Å². The number of hydrogen-bond donors (Lipinski definition) is 1. The van der Waals surface area contributed by atoms with Crippen molar-refractivity contribution in [1.82, 2.24) is 4.98 Å². The Balaban J connectivity index is 2.02. The highest BCUT2D eigenvalue weighted by atomic mass is 16.4. The number of hydrogen-bond acceptors (Lipinski definition) is 2. The van der Waals surface area contributed by atoms with Crippen LogP contribution in [0.2, 0.25) is 0 Å². The molecule has 0 amide bonds. The third-order valence-corrected chi connectivity index (χ3v) is 5.53. The van der Waals surface area contributed by atoms with Crippen LogP contribution < -0.4 is 0 Å². The Bertz CT molecular complexity index is 925. The van der Waals surface area contributed by atoms with Crippen LogP contribution in [0.15, 0.2) is 30.5 Å². The molecule has 1 N–H and O–H groups in total. The largest absolute Gasteiger partial charge is 0.478 e. The molecule has 1 aliphatic rings. The summed E-state index contributed by atoms with van der Waals surface area (Å²) in [7, 11) is 0. The number of aromatic nitrogens is 1. The summed E-state index contributed by atoms with van der Waals surface area (Å²) in [4.78, 5) is 15.0. The lowest BCUT2D eigenvalue weighted by atomic mass is 9.62. The second-order valence-electron chi connectivity index (χ2n) is 8.47. The second kappa shape index (κ2) is 6.29. The maximum Gasteiger partial charge on any atom is 0.337 e. The number of nitrogens with zero attached hydrogens (tertiary/aromatic N) is 1. The van der Waals surface area contributed by atoms with E-state index in [1.54, 1.807) is 6.07 Å². The first-order chi connectivity index (χ1) is 12.1. The molecule has 1 aromatic heterocycles. The van der Waals surface area contributed by atoms with Crippen molar-refractivity contribution in [2.75, 3.05) is 0 Å². The maximum absolute atomic E-state index is 10.9. The van der Waals surface area contributed by atoms with E-state index in [1.165, 1.54) is 41.8 Å². The lowest BCUT2D eigenvalue weighted by molar-refractivity contribution is 0.0696. The van der Waals surface area contributed by atoms with Gasteiger partial charge in [0.25, 0.3) is 0 Å². The minimum absolute atomic E-state index is 0.149. The van der Waals surface area contributed by atoms with E-state index in [9.17, 15) is 4.79 Å². The van der Waals surface area contributed by atoms with Crippen LogP contribution in [0.25, 0.3) is 0 Å². The standard InChI is InChI=1S/C23H25NO2/c1-15-12-19-20(23(4,5)11-10-22(19,2)3)13-16(15)6-8-18-9-7-17(14-24-18)21(25)26/h7,9,12-14H,10-11H2,1-5H3,(H,25,26). The molecule has 3 nitrogen and oxygen atoms in total. The van der Waals surface area contributed by atoms with Crippen LogP contribution >= 0.6 is 0 Å². The Hall–Kier alpha value is -2.60. The summed E-state index contributed by atoms with van der Waals surface area (Å²) < 4.78 is 0. The molecule has 0 radical (unpaired) electrons. The van der Waals surface area contributed by atoms with E-state index < -0.39 is 5.97 Å². The van der Waals surface area contributed by atoms with Gasteiger partial charge in [-0.1, -0.05) is 39.7 Å². The van der Waals surface area contributed by atoms with E-state index in [0.717, 1.165) is 5.56 Å². The molecule has 1 aromatic carbocycles. The van der Waals surface area contributed by atoms with Crippen molar-refractivity contribution in [2.45, 2.75) is 58.3 Å². The van der Waals surface area contributed by atoms with Gasteiger partial charge in [0.05, 0.1) is 5.56 Å². The third kappa shape index (κ3) is 3.37. The molecule has 3 rings (SSSR count). The monoisotopic (exact) mass is 347 g/mol. The lowest BCUT2D eigenvalue weighted by Gasteiger charge is -2.42. The molecule has 0 fully saturated rings. The number of pyridine rings is 1. The number of carboxylic acid groups (broad SMARTS) is 1. The minimum atomic E-state index is -0.979. The molecular formula is C23H25NO2. The van der Waals surface area contributed by atoms with E-state index in [2.05, 4.69) is 63.6 Å². The zero-order chi connectivity index (χ0) is 19.1. The molecular weight excluding hydrogens is 322 g/mol. The molecule has 134 valence electrons. The summed E-state index contributed by atoms with van der Waals surface area (Å²) in [5, 5.41) is 8.95. The normalized spacial score (nSPS) is 17.0. The summed E-state index contributed by atoms with van der Waals surface area (Å²) in [6, 6.07) is 7.72. The van der Waals surface area contributed by atoms with Crippen LogP contribution in [0.4, 0.5) is 0 Å². The average molecular weight is 347 g/mol. The molecule has 0 saturated heterocycles. The fourth-order valence-electron chi connectivity index (χ4n) is 3.58. The number of rotatable bonds is 1. The number of fused-ring (bicyclic) bond motifs is 1. The smallest absolute Gasteiger partial charge is 0.337 e. The van der Waals surface area contributed by atoms with Crippen molar-refractivity contribution in [1.29, 1.82) is 0 Å². The highest BCUT2D eigenvalue weighted by Crippen LogP contribution is 2.46. The quantitative estimate of drug-likeness (QED) is 0.751. The van der Waals surface area contributed by atoms with Crippen LogP contribution in [-0.4, -0.2) is 16.1 Å². The zero-order valence-corrected chi connectivity index (χ0v) is 16.1. The topological polar surface area (TPSA) is 50.2 Å². The van der Waals surface area contributed by atoms with Gasteiger partial charge in [0.2, 0.25) is 0 Å². The second-order valence-corrected chi connectivity index (χ2v) is 8.47. The summed E-state index contributed by atoms with van der Waals surface area (Å²) in [6.45, 7) is 11.3. The molecule has 1 aliphatic carbocycles. The molecule has 0 saturated carbocycles. The van der Waals surface area contributed by atoms with Crippen LogP contribution in [-0.2, 0) is 10.8 Å². The van der Waals surface area contributed by atoms with E-state index >= 15 is 0 Å². The summed E-state index contributed by atoms with van der Waals surface area (Å²) >= 11 is 0. The van der Waals surface area contributed by atoms with Crippen LogP contribution in [0.3, 0.4) is 0 Å². The molecule has 1 heterocycles. The molecule has 0 unspecified atom stereocenters. The van der Waals surface area contributed by atoms with Crippen LogP contribution in [0, 0.1) is 18.8 Å². The number of aryl methyl sites for hydroxylation is 1. The molecule has 0 aliphatic heterocycles. The summed E-state index contributed by atoms with van der Waals surface area (Å²) in [5.74, 6) is 5.32. The van der Waals surface area contributed by atoms with Crippen molar-refractivity contribution in [3.63, 3.8) is 0 Å². The lowest BCUT2D eigenvalue weighted by Crippen LogP contribution is -2.34. The third-order valence-electron chi connectivity index (χ3n) is 5.53. The van der Waals surface area contributed by atoms with Crippen LogP contribution in [0.1, 0.15) is 78.8 Å². The summed E-state index contributed by atoms with van der Waals surface area (Å²) in [6.07, 6.45) is 3.70. The molecule has 2 aromatic rings. The SMILES string of the molecule is Cc1cc2c(cc1C#Cc1ccc(C(=O)O)cn1)C(C)(C)CCC2(C)C. The number of carboxylic acids is 1. The van der Waals surface area contributed by atoms with Crippen molar-refractivity contribution in [2.24, 2.45) is 0 Å². The molecule has 0 spiro atoms. The predicted molar refractivity (Wildman–Crippen MR) is 104 cm³/mol. The zero-order valence-electron chi connectivity index (χ0n) is 16.1. The van der Waals surface area contributed by atoms with E-state index in [0.29, 0.717) is 5.69 Å². The van der Waals surface area contributed by atoms with Crippen molar-refractivity contribution >= 4 is 5.97 Å². The van der Waals surface area contributed by atoms with Gasteiger partial charge in [-0.2, -0.15) is 0 Å². The summed E-state index contributed by atoms with van der Waals surface area (Å²) in [5.41, 5.74) is 6.09. The van der Waals surface area contributed by atoms with Gasteiger partial charge in [0.1, 0.15) is 5.69 Å². The molecule has 3 heteroatoms. The number of aromatic carboxylic acids is 1. The van der Waals surface area contributed by atoms with Crippen molar-refractivity contribution < 1.29 is 9.90 Å². The van der Waals surface area contributed by atoms with Gasteiger partial charge in [0, 0.05) is 11.8 Å². The molecule has 26 heavy (non-hydrogen) atoms. The molecule has 0 atom stereocenters. The van der Waals surface area contributed by atoms with Gasteiger partial charge >= 0.3 is 5.97 Å². The number of benzene rings is 1. The van der Waals surface area contributed by atoms with Crippen LogP contribution in [0.5, 0.6) is 0 Å².